The summed E-state index contributed by atoms with van der Waals surface area (Å²) in [7, 11) is 0. The number of aromatic carboxylic acids is 1. The van der Waals surface area contributed by atoms with E-state index >= 15 is 0 Å². The van der Waals surface area contributed by atoms with Crippen molar-refractivity contribution in [2.45, 2.75) is 39.3 Å². The first-order chi connectivity index (χ1) is 9.10. The molecule has 1 aromatic rings. The molecule has 0 fully saturated rings. The standard InChI is InChI=1S/C14H18ClNO4/c1-8(12(17)16-14(2,3)4)20-9-5-6-11(15)10(7-9)13(18)19/h5-8H,1-4H3,(H,16,17)(H,18,19). The highest BCUT2D eigenvalue weighted by molar-refractivity contribution is 6.33. The van der Waals surface area contributed by atoms with Gasteiger partial charge in [-0.25, -0.2) is 4.79 Å². The number of hydrogen-bond acceptors (Lipinski definition) is 3. The monoisotopic (exact) mass is 299 g/mol. The number of amides is 1. The van der Waals surface area contributed by atoms with E-state index in [1.54, 1.807) is 6.92 Å². The molecule has 20 heavy (non-hydrogen) atoms. The molecule has 0 radical (unpaired) electrons. The van der Waals surface area contributed by atoms with Crippen LogP contribution in [0.4, 0.5) is 0 Å². The molecule has 1 rings (SSSR count). The maximum atomic E-state index is 11.9. The van der Waals surface area contributed by atoms with Crippen LogP contribution in [0.2, 0.25) is 5.02 Å². The minimum Gasteiger partial charge on any atom is -0.481 e. The van der Waals surface area contributed by atoms with Gasteiger partial charge < -0.3 is 15.2 Å². The number of hydrogen-bond donors (Lipinski definition) is 2. The lowest BCUT2D eigenvalue weighted by molar-refractivity contribution is -0.128. The van der Waals surface area contributed by atoms with Gasteiger partial charge in [0.15, 0.2) is 6.10 Å². The van der Waals surface area contributed by atoms with Crippen molar-refractivity contribution in [2.75, 3.05) is 0 Å². The van der Waals surface area contributed by atoms with Gasteiger partial charge in [-0.1, -0.05) is 11.6 Å². The summed E-state index contributed by atoms with van der Waals surface area (Å²) in [5.74, 6) is -1.14. The first-order valence-corrected chi connectivity index (χ1v) is 6.49. The summed E-state index contributed by atoms with van der Waals surface area (Å²) in [6, 6.07) is 4.25. The second-order valence-electron chi connectivity index (χ2n) is 5.45. The lowest BCUT2D eigenvalue weighted by Gasteiger charge is -2.23. The summed E-state index contributed by atoms with van der Waals surface area (Å²) in [5.41, 5.74) is -0.423. The van der Waals surface area contributed by atoms with Crippen LogP contribution in [-0.4, -0.2) is 28.6 Å². The second kappa shape index (κ2) is 6.13. The predicted molar refractivity (Wildman–Crippen MR) is 76.4 cm³/mol. The maximum Gasteiger partial charge on any atom is 0.337 e. The third-order valence-electron chi connectivity index (χ3n) is 2.35. The molecule has 5 nitrogen and oxygen atoms in total. The van der Waals surface area contributed by atoms with Gasteiger partial charge >= 0.3 is 5.97 Å². The summed E-state index contributed by atoms with van der Waals surface area (Å²) in [6.45, 7) is 7.18. The van der Waals surface area contributed by atoms with Crippen LogP contribution in [0.5, 0.6) is 5.75 Å². The number of halogens is 1. The molecule has 0 spiro atoms. The van der Waals surface area contributed by atoms with Crippen LogP contribution >= 0.6 is 11.6 Å². The van der Waals surface area contributed by atoms with Crippen LogP contribution < -0.4 is 10.1 Å². The molecule has 1 aromatic carbocycles. The quantitative estimate of drug-likeness (QED) is 0.896. The van der Waals surface area contributed by atoms with Gasteiger partial charge in [0.2, 0.25) is 0 Å². The Morgan fingerprint density at radius 1 is 1.35 bits per heavy atom. The fourth-order valence-electron chi connectivity index (χ4n) is 1.47. The Morgan fingerprint density at radius 3 is 2.45 bits per heavy atom. The van der Waals surface area contributed by atoms with Crippen molar-refractivity contribution in [1.29, 1.82) is 0 Å². The Morgan fingerprint density at radius 2 is 1.95 bits per heavy atom. The first kappa shape index (κ1) is 16.3. The van der Waals surface area contributed by atoms with E-state index < -0.39 is 12.1 Å². The van der Waals surface area contributed by atoms with Gasteiger partial charge in [0.1, 0.15) is 5.75 Å². The minimum atomic E-state index is -1.15. The highest BCUT2D eigenvalue weighted by Crippen LogP contribution is 2.23. The van der Waals surface area contributed by atoms with Crippen LogP contribution in [0.3, 0.4) is 0 Å². The SMILES string of the molecule is CC(Oc1ccc(Cl)c(C(=O)O)c1)C(=O)NC(C)(C)C. The average molecular weight is 300 g/mol. The normalized spacial score (nSPS) is 12.7. The Hall–Kier alpha value is -1.75. The highest BCUT2D eigenvalue weighted by atomic mass is 35.5. The van der Waals surface area contributed by atoms with Crippen molar-refractivity contribution in [2.24, 2.45) is 0 Å². The number of carbonyl (C=O) groups is 2. The molecular formula is C14H18ClNO4. The molecule has 1 unspecified atom stereocenters. The molecule has 2 N–H and O–H groups in total. The average Bonchev–Trinajstić information content (AvgIpc) is 2.28. The second-order valence-corrected chi connectivity index (χ2v) is 5.85. The predicted octanol–water partition coefficient (Wildman–Crippen LogP) is 2.72. The summed E-state index contributed by atoms with van der Waals surface area (Å²) in [4.78, 5) is 22.8. The fraction of sp³-hybridized carbons (Fsp3) is 0.429. The van der Waals surface area contributed by atoms with Crippen molar-refractivity contribution in [3.8, 4) is 5.75 Å². The van der Waals surface area contributed by atoms with Gasteiger partial charge in [0.05, 0.1) is 10.6 Å². The smallest absolute Gasteiger partial charge is 0.337 e. The van der Waals surface area contributed by atoms with Gasteiger partial charge in [0, 0.05) is 5.54 Å². The summed E-state index contributed by atoms with van der Waals surface area (Å²) in [5, 5.41) is 11.9. The topological polar surface area (TPSA) is 75.6 Å². The van der Waals surface area contributed by atoms with E-state index in [4.69, 9.17) is 21.4 Å². The van der Waals surface area contributed by atoms with Crippen molar-refractivity contribution in [1.82, 2.24) is 5.32 Å². The number of nitrogens with one attached hydrogen (secondary N) is 1. The summed E-state index contributed by atoms with van der Waals surface area (Å²) < 4.78 is 5.43. The largest absolute Gasteiger partial charge is 0.481 e. The molecule has 0 bridgehead atoms. The first-order valence-electron chi connectivity index (χ1n) is 6.11. The molecule has 0 saturated carbocycles. The highest BCUT2D eigenvalue weighted by Gasteiger charge is 2.21. The molecule has 0 heterocycles. The van der Waals surface area contributed by atoms with Crippen molar-refractivity contribution in [3.05, 3.63) is 28.8 Å². The maximum absolute atomic E-state index is 11.9. The minimum absolute atomic E-state index is 0.0624. The lowest BCUT2D eigenvalue weighted by atomic mass is 10.1. The molecule has 110 valence electrons. The number of carboxylic acids is 1. The van der Waals surface area contributed by atoms with E-state index in [0.717, 1.165) is 0 Å². The zero-order valence-corrected chi connectivity index (χ0v) is 12.6. The summed E-state index contributed by atoms with van der Waals surface area (Å²) in [6.07, 6.45) is -0.739. The third-order valence-corrected chi connectivity index (χ3v) is 2.68. The Labute approximate surface area is 122 Å². The van der Waals surface area contributed by atoms with Crippen LogP contribution in [0.1, 0.15) is 38.1 Å². The molecule has 0 aliphatic carbocycles. The molecule has 0 aliphatic rings. The fourth-order valence-corrected chi connectivity index (χ4v) is 1.67. The number of rotatable bonds is 4. The molecule has 0 aromatic heterocycles. The zero-order valence-electron chi connectivity index (χ0n) is 11.9. The molecule has 0 saturated heterocycles. The number of carbonyl (C=O) groups excluding carboxylic acids is 1. The Bertz CT molecular complexity index is 522. The van der Waals surface area contributed by atoms with Crippen LogP contribution in [-0.2, 0) is 4.79 Å². The molecule has 1 atom stereocenters. The van der Waals surface area contributed by atoms with Crippen molar-refractivity contribution in [3.63, 3.8) is 0 Å². The van der Waals surface area contributed by atoms with Crippen molar-refractivity contribution >= 4 is 23.5 Å². The lowest BCUT2D eigenvalue weighted by Crippen LogP contribution is -2.46. The molecule has 1 amide bonds. The van der Waals surface area contributed by atoms with E-state index in [1.165, 1.54) is 18.2 Å². The van der Waals surface area contributed by atoms with E-state index in [-0.39, 0.29) is 27.8 Å². The Balaban J connectivity index is 2.81. The number of ether oxygens (including phenoxy) is 1. The molecule has 6 heteroatoms. The number of benzene rings is 1. The zero-order chi connectivity index (χ0) is 15.5. The van der Waals surface area contributed by atoms with E-state index in [9.17, 15) is 9.59 Å². The van der Waals surface area contributed by atoms with Gasteiger partial charge in [-0.15, -0.1) is 0 Å². The van der Waals surface area contributed by atoms with Crippen LogP contribution in [0.15, 0.2) is 18.2 Å². The van der Waals surface area contributed by atoms with Crippen LogP contribution in [0.25, 0.3) is 0 Å². The van der Waals surface area contributed by atoms with Gasteiger partial charge in [0.25, 0.3) is 5.91 Å². The van der Waals surface area contributed by atoms with E-state index in [2.05, 4.69) is 5.32 Å². The number of carboxylic acid groups (broad SMARTS) is 1. The Kier molecular flexibility index (Phi) is 5.00. The van der Waals surface area contributed by atoms with E-state index in [0.29, 0.717) is 0 Å². The molecular weight excluding hydrogens is 282 g/mol. The van der Waals surface area contributed by atoms with Gasteiger partial charge in [-0.3, -0.25) is 4.79 Å². The van der Waals surface area contributed by atoms with Gasteiger partial charge in [-0.2, -0.15) is 0 Å². The van der Waals surface area contributed by atoms with Gasteiger partial charge in [-0.05, 0) is 45.9 Å². The van der Waals surface area contributed by atoms with E-state index in [1.807, 2.05) is 20.8 Å². The summed E-state index contributed by atoms with van der Waals surface area (Å²) >= 11 is 5.76. The van der Waals surface area contributed by atoms with Crippen LogP contribution in [0, 0.1) is 0 Å². The van der Waals surface area contributed by atoms with Crippen molar-refractivity contribution < 1.29 is 19.4 Å². The third kappa shape index (κ3) is 4.74. The molecule has 0 aliphatic heterocycles.